The highest BCUT2D eigenvalue weighted by Crippen LogP contribution is 2.28. The molecule has 1 N–H and O–H groups in total. The molecular weight excluding hydrogens is 324 g/mol. The molecule has 108 valence electrons. The van der Waals surface area contributed by atoms with Crippen LogP contribution < -0.4 is 0 Å². The van der Waals surface area contributed by atoms with Crippen molar-refractivity contribution in [1.82, 2.24) is 9.80 Å². The Hall–Kier alpha value is -1.56. The number of phenolic OH excluding ortho intramolecular Hbond substituents is 1. The molecule has 1 heterocycles. The summed E-state index contributed by atoms with van der Waals surface area (Å²) in [5, 5.41) is 9.68. The van der Waals surface area contributed by atoms with Gasteiger partial charge >= 0.3 is 0 Å². The second-order valence-corrected chi connectivity index (χ2v) is 6.26. The van der Waals surface area contributed by atoms with Gasteiger partial charge in [-0.25, -0.2) is 0 Å². The first-order valence-corrected chi connectivity index (χ1v) is 7.10. The first-order chi connectivity index (χ1) is 9.25. The van der Waals surface area contributed by atoms with Crippen LogP contribution in [0.15, 0.2) is 22.7 Å². The zero-order chi connectivity index (χ0) is 15.1. The van der Waals surface area contributed by atoms with E-state index >= 15 is 0 Å². The molecule has 0 radical (unpaired) electrons. The number of carbonyl (C=O) groups is 2. The van der Waals surface area contributed by atoms with Gasteiger partial charge in [0.15, 0.2) is 0 Å². The summed E-state index contributed by atoms with van der Waals surface area (Å²) in [7, 11) is 1.73. The molecule has 0 saturated carbocycles. The molecule has 1 aromatic carbocycles. The van der Waals surface area contributed by atoms with Gasteiger partial charge in [0, 0.05) is 25.7 Å². The first-order valence-electron chi connectivity index (χ1n) is 6.31. The number of rotatable bonds is 1. The number of likely N-dealkylation sites (N-methyl/N-ethyl adjacent to an activating group) is 1. The van der Waals surface area contributed by atoms with E-state index in [9.17, 15) is 14.7 Å². The molecule has 2 amide bonds. The lowest BCUT2D eigenvalue weighted by Crippen LogP contribution is -2.63. The molecule has 20 heavy (non-hydrogen) atoms. The SMILES string of the molecule is CN1CCN(C(=O)c2ccc(Br)c(O)c2)C(C)(C)C1=O. The van der Waals surface area contributed by atoms with Crippen LogP contribution in [-0.2, 0) is 4.79 Å². The molecule has 1 fully saturated rings. The van der Waals surface area contributed by atoms with Gasteiger partial charge in [-0.1, -0.05) is 0 Å². The molecule has 0 unspecified atom stereocenters. The number of hydrogen-bond acceptors (Lipinski definition) is 3. The van der Waals surface area contributed by atoms with Gasteiger partial charge in [0.2, 0.25) is 5.91 Å². The minimum absolute atomic E-state index is 0.00844. The normalized spacial score (nSPS) is 18.3. The Labute approximate surface area is 126 Å². The molecule has 1 aromatic rings. The van der Waals surface area contributed by atoms with Crippen molar-refractivity contribution in [2.24, 2.45) is 0 Å². The maximum atomic E-state index is 12.6. The minimum atomic E-state index is -0.882. The highest BCUT2D eigenvalue weighted by Gasteiger charge is 2.43. The van der Waals surface area contributed by atoms with Gasteiger partial charge in [0.1, 0.15) is 11.3 Å². The van der Waals surface area contributed by atoms with Crippen LogP contribution in [-0.4, -0.2) is 52.4 Å². The second-order valence-electron chi connectivity index (χ2n) is 5.41. The first kappa shape index (κ1) is 14.8. The van der Waals surface area contributed by atoms with Crippen LogP contribution in [0.4, 0.5) is 0 Å². The van der Waals surface area contributed by atoms with Crippen LogP contribution in [0.25, 0.3) is 0 Å². The summed E-state index contributed by atoms with van der Waals surface area (Å²) in [4.78, 5) is 27.9. The summed E-state index contributed by atoms with van der Waals surface area (Å²) >= 11 is 3.18. The van der Waals surface area contributed by atoms with Crippen LogP contribution in [0.1, 0.15) is 24.2 Å². The quantitative estimate of drug-likeness (QED) is 0.848. The van der Waals surface area contributed by atoms with Gasteiger partial charge < -0.3 is 14.9 Å². The van der Waals surface area contributed by atoms with Gasteiger partial charge in [-0.3, -0.25) is 9.59 Å². The summed E-state index contributed by atoms with van der Waals surface area (Å²) in [6.45, 7) is 4.46. The molecule has 1 aliphatic rings. The Morgan fingerprint density at radius 3 is 2.60 bits per heavy atom. The third-order valence-corrected chi connectivity index (χ3v) is 4.31. The summed E-state index contributed by atoms with van der Waals surface area (Å²) in [6, 6.07) is 4.66. The molecule has 0 spiro atoms. The molecule has 0 aromatic heterocycles. The third-order valence-electron chi connectivity index (χ3n) is 3.64. The zero-order valence-corrected chi connectivity index (χ0v) is 13.3. The van der Waals surface area contributed by atoms with Crippen LogP contribution in [0.2, 0.25) is 0 Å². The number of piperazine rings is 1. The highest BCUT2D eigenvalue weighted by atomic mass is 79.9. The van der Waals surface area contributed by atoms with E-state index in [0.29, 0.717) is 23.1 Å². The van der Waals surface area contributed by atoms with E-state index in [1.54, 1.807) is 42.8 Å². The number of aromatic hydroxyl groups is 1. The van der Waals surface area contributed by atoms with Crippen LogP contribution in [0.3, 0.4) is 0 Å². The fourth-order valence-electron chi connectivity index (χ4n) is 2.37. The van der Waals surface area contributed by atoms with Crippen molar-refractivity contribution in [3.8, 4) is 5.75 Å². The van der Waals surface area contributed by atoms with E-state index in [2.05, 4.69) is 15.9 Å². The molecular formula is C14H17BrN2O3. The van der Waals surface area contributed by atoms with Crippen molar-refractivity contribution in [2.45, 2.75) is 19.4 Å². The van der Waals surface area contributed by atoms with Gasteiger partial charge in [-0.15, -0.1) is 0 Å². The third kappa shape index (κ3) is 2.40. The molecule has 0 atom stereocenters. The van der Waals surface area contributed by atoms with E-state index < -0.39 is 5.54 Å². The maximum absolute atomic E-state index is 12.6. The van der Waals surface area contributed by atoms with Crippen molar-refractivity contribution in [1.29, 1.82) is 0 Å². The number of phenols is 1. The number of nitrogens with zero attached hydrogens (tertiary/aromatic N) is 2. The lowest BCUT2D eigenvalue weighted by molar-refractivity contribution is -0.144. The Morgan fingerprint density at radius 1 is 1.35 bits per heavy atom. The van der Waals surface area contributed by atoms with E-state index in [0.717, 1.165) is 0 Å². The predicted octanol–water partition coefficient (Wildman–Crippen LogP) is 1.85. The fourth-order valence-corrected chi connectivity index (χ4v) is 2.62. The molecule has 2 rings (SSSR count). The summed E-state index contributed by atoms with van der Waals surface area (Å²) in [5.74, 6) is -0.327. The van der Waals surface area contributed by atoms with Crippen molar-refractivity contribution >= 4 is 27.7 Å². The predicted molar refractivity (Wildman–Crippen MR) is 78.6 cm³/mol. The number of hydrogen-bond donors (Lipinski definition) is 1. The van der Waals surface area contributed by atoms with Gasteiger partial charge in [0.25, 0.3) is 5.91 Å². The van der Waals surface area contributed by atoms with Crippen LogP contribution in [0, 0.1) is 0 Å². The second kappa shape index (κ2) is 5.09. The average molecular weight is 341 g/mol. The zero-order valence-electron chi connectivity index (χ0n) is 11.7. The molecule has 1 aliphatic heterocycles. The van der Waals surface area contributed by atoms with Crippen LogP contribution >= 0.6 is 15.9 Å². The fraction of sp³-hybridized carbons (Fsp3) is 0.429. The van der Waals surface area contributed by atoms with Gasteiger partial charge in [-0.2, -0.15) is 0 Å². The maximum Gasteiger partial charge on any atom is 0.254 e. The minimum Gasteiger partial charge on any atom is -0.507 e. The van der Waals surface area contributed by atoms with Crippen molar-refractivity contribution < 1.29 is 14.7 Å². The van der Waals surface area contributed by atoms with Gasteiger partial charge in [-0.05, 0) is 48.0 Å². The Kier molecular flexibility index (Phi) is 3.77. The largest absolute Gasteiger partial charge is 0.507 e. The average Bonchev–Trinajstić information content (AvgIpc) is 2.39. The number of carbonyl (C=O) groups excluding carboxylic acids is 2. The highest BCUT2D eigenvalue weighted by molar-refractivity contribution is 9.10. The number of benzene rings is 1. The smallest absolute Gasteiger partial charge is 0.254 e. The summed E-state index contributed by atoms with van der Waals surface area (Å²) < 4.78 is 0.530. The van der Waals surface area contributed by atoms with Gasteiger partial charge in [0.05, 0.1) is 4.47 Å². The van der Waals surface area contributed by atoms with Crippen LogP contribution in [0.5, 0.6) is 5.75 Å². The number of halogens is 1. The van der Waals surface area contributed by atoms with E-state index in [1.807, 2.05) is 0 Å². The Balaban J connectivity index is 2.33. The number of amides is 2. The van der Waals surface area contributed by atoms with Crippen molar-refractivity contribution in [3.63, 3.8) is 0 Å². The van der Waals surface area contributed by atoms with E-state index in [-0.39, 0.29) is 17.6 Å². The lowest BCUT2D eigenvalue weighted by atomic mass is 9.96. The lowest BCUT2D eigenvalue weighted by Gasteiger charge is -2.44. The molecule has 5 nitrogen and oxygen atoms in total. The van der Waals surface area contributed by atoms with E-state index in [4.69, 9.17) is 0 Å². The summed E-state index contributed by atoms with van der Waals surface area (Å²) in [5.41, 5.74) is -0.511. The summed E-state index contributed by atoms with van der Waals surface area (Å²) in [6.07, 6.45) is 0. The van der Waals surface area contributed by atoms with Crippen molar-refractivity contribution in [2.75, 3.05) is 20.1 Å². The Morgan fingerprint density at radius 2 is 2.00 bits per heavy atom. The molecule has 6 heteroatoms. The Bertz CT molecular complexity index is 572. The standard InChI is InChI=1S/C14H17BrN2O3/c1-14(2)13(20)16(3)6-7-17(14)12(19)9-4-5-10(15)11(18)8-9/h4-5,8,18H,6-7H2,1-3H3. The monoisotopic (exact) mass is 340 g/mol. The molecule has 1 saturated heterocycles. The molecule has 0 bridgehead atoms. The molecule has 0 aliphatic carbocycles. The van der Waals surface area contributed by atoms with Crippen molar-refractivity contribution in [3.05, 3.63) is 28.2 Å². The van der Waals surface area contributed by atoms with E-state index in [1.165, 1.54) is 6.07 Å². The topological polar surface area (TPSA) is 60.9 Å².